The molecule has 84 valence electrons. The van der Waals surface area contributed by atoms with Gasteiger partial charge in [-0.05, 0) is 18.4 Å². The molecule has 0 unspecified atom stereocenters. The molecule has 1 rings (SSSR count). The zero-order valence-electron chi connectivity index (χ0n) is 8.89. The smallest absolute Gasteiger partial charge is 0.0606 e. The second kappa shape index (κ2) is 6.71. The second-order valence-electron chi connectivity index (χ2n) is 3.11. The topological polar surface area (TPSA) is 43.7 Å². The Morgan fingerprint density at radius 1 is 1.13 bits per heavy atom. The van der Waals surface area contributed by atoms with Gasteiger partial charge in [0, 0.05) is 18.0 Å². The Morgan fingerprint density at radius 3 is 2.27 bits per heavy atom. The highest BCUT2D eigenvalue weighted by atomic mass is 32.2. The molecule has 4 heteroatoms. The largest absolute Gasteiger partial charge is 0.395 e. The minimum atomic E-state index is 0.0999. The van der Waals surface area contributed by atoms with Gasteiger partial charge in [0.25, 0.3) is 0 Å². The number of anilines is 1. The monoisotopic (exact) mass is 227 g/mol. The first-order valence-corrected chi connectivity index (χ1v) is 6.15. The lowest BCUT2D eigenvalue weighted by Gasteiger charge is -2.24. The van der Waals surface area contributed by atoms with E-state index >= 15 is 0 Å². The van der Waals surface area contributed by atoms with Crippen LogP contribution in [0.4, 0.5) is 5.69 Å². The molecule has 2 N–H and O–H groups in total. The highest BCUT2D eigenvalue weighted by Crippen LogP contribution is 2.27. The van der Waals surface area contributed by atoms with Crippen LogP contribution in [0.1, 0.15) is 0 Å². The summed E-state index contributed by atoms with van der Waals surface area (Å²) in [6.45, 7) is 1.31. The van der Waals surface area contributed by atoms with Gasteiger partial charge in [0.1, 0.15) is 0 Å². The summed E-state index contributed by atoms with van der Waals surface area (Å²) in [6, 6.07) is 8.01. The molecule has 0 aliphatic carbocycles. The normalized spacial score (nSPS) is 10.3. The summed E-state index contributed by atoms with van der Waals surface area (Å²) in [6.07, 6.45) is 2.02. The minimum absolute atomic E-state index is 0.0999. The van der Waals surface area contributed by atoms with Gasteiger partial charge in [-0.1, -0.05) is 12.1 Å². The van der Waals surface area contributed by atoms with Gasteiger partial charge in [0.15, 0.2) is 0 Å². The molecule has 0 atom stereocenters. The molecule has 1 aromatic rings. The molecule has 0 heterocycles. The molecule has 3 nitrogen and oxygen atoms in total. The number of nitrogens with zero attached hydrogens (tertiary/aromatic N) is 1. The molecule has 0 saturated carbocycles. The number of aliphatic hydroxyl groups excluding tert-OH is 2. The molecule has 0 spiro atoms. The lowest BCUT2D eigenvalue weighted by atomic mass is 10.3. The number of para-hydroxylation sites is 1. The van der Waals surface area contributed by atoms with Crippen LogP contribution >= 0.6 is 11.8 Å². The summed E-state index contributed by atoms with van der Waals surface area (Å²) in [5, 5.41) is 17.9. The van der Waals surface area contributed by atoms with Crippen LogP contribution in [-0.4, -0.2) is 42.8 Å². The Morgan fingerprint density at radius 2 is 1.73 bits per heavy atom. The predicted octanol–water partition coefficient (Wildman–Crippen LogP) is 1.20. The maximum Gasteiger partial charge on any atom is 0.0606 e. The maximum absolute atomic E-state index is 8.96. The lowest BCUT2D eigenvalue weighted by molar-refractivity contribution is 0.281. The van der Waals surface area contributed by atoms with E-state index in [0.29, 0.717) is 13.1 Å². The molecular formula is C11H17NO2S. The standard InChI is InChI=1S/C11H17NO2S/c1-15-11-5-3-2-4-10(11)12(6-8-13)7-9-14/h2-5,13-14H,6-9H2,1H3. The number of hydrogen-bond acceptors (Lipinski definition) is 4. The van der Waals surface area contributed by atoms with Gasteiger partial charge in [-0.3, -0.25) is 0 Å². The highest BCUT2D eigenvalue weighted by molar-refractivity contribution is 7.98. The van der Waals surface area contributed by atoms with E-state index in [9.17, 15) is 0 Å². The van der Waals surface area contributed by atoms with Gasteiger partial charge in [0.05, 0.1) is 18.9 Å². The number of thioether (sulfide) groups is 1. The van der Waals surface area contributed by atoms with Crippen LogP contribution in [0.25, 0.3) is 0 Å². The fourth-order valence-corrected chi connectivity index (χ4v) is 2.11. The van der Waals surface area contributed by atoms with Crippen LogP contribution in [-0.2, 0) is 0 Å². The molecule has 0 bridgehead atoms. The van der Waals surface area contributed by atoms with Gasteiger partial charge < -0.3 is 15.1 Å². The zero-order valence-corrected chi connectivity index (χ0v) is 9.70. The van der Waals surface area contributed by atoms with Crippen LogP contribution in [0.15, 0.2) is 29.2 Å². The predicted molar refractivity (Wildman–Crippen MR) is 64.6 cm³/mol. The van der Waals surface area contributed by atoms with E-state index in [0.717, 1.165) is 5.69 Å². The molecule has 0 saturated heterocycles. The second-order valence-corrected chi connectivity index (χ2v) is 3.95. The molecular weight excluding hydrogens is 210 g/mol. The Balaban J connectivity index is 2.88. The third kappa shape index (κ3) is 3.41. The number of rotatable bonds is 6. The maximum atomic E-state index is 8.96. The number of hydrogen-bond donors (Lipinski definition) is 2. The molecule has 0 aliphatic heterocycles. The molecule has 1 aromatic carbocycles. The van der Waals surface area contributed by atoms with E-state index in [1.807, 2.05) is 35.4 Å². The van der Waals surface area contributed by atoms with E-state index in [4.69, 9.17) is 10.2 Å². The lowest BCUT2D eigenvalue weighted by Crippen LogP contribution is -2.30. The fraction of sp³-hybridized carbons (Fsp3) is 0.455. The van der Waals surface area contributed by atoms with E-state index in [1.165, 1.54) is 4.90 Å². The minimum Gasteiger partial charge on any atom is -0.395 e. The van der Waals surface area contributed by atoms with Crippen LogP contribution in [0.3, 0.4) is 0 Å². The average molecular weight is 227 g/mol. The van der Waals surface area contributed by atoms with Crippen molar-refractivity contribution >= 4 is 17.4 Å². The van der Waals surface area contributed by atoms with Gasteiger partial charge in [-0.25, -0.2) is 0 Å². The van der Waals surface area contributed by atoms with Gasteiger partial charge in [-0.2, -0.15) is 0 Å². The van der Waals surface area contributed by atoms with Gasteiger partial charge >= 0.3 is 0 Å². The van der Waals surface area contributed by atoms with Crippen molar-refractivity contribution in [2.75, 3.05) is 37.5 Å². The summed E-state index contributed by atoms with van der Waals surface area (Å²) in [4.78, 5) is 3.16. The number of benzene rings is 1. The van der Waals surface area contributed by atoms with Crippen LogP contribution in [0.5, 0.6) is 0 Å². The first kappa shape index (κ1) is 12.4. The van der Waals surface area contributed by atoms with Gasteiger partial charge in [0.2, 0.25) is 0 Å². The van der Waals surface area contributed by atoms with E-state index in [-0.39, 0.29) is 13.2 Å². The summed E-state index contributed by atoms with van der Waals surface area (Å²) >= 11 is 1.67. The summed E-state index contributed by atoms with van der Waals surface area (Å²) in [5.41, 5.74) is 1.08. The molecule has 0 amide bonds. The van der Waals surface area contributed by atoms with Crippen LogP contribution in [0.2, 0.25) is 0 Å². The van der Waals surface area contributed by atoms with E-state index < -0.39 is 0 Å². The number of aliphatic hydroxyl groups is 2. The Hall–Kier alpha value is -0.710. The quantitative estimate of drug-likeness (QED) is 0.717. The van der Waals surface area contributed by atoms with Crippen LogP contribution in [0, 0.1) is 0 Å². The summed E-state index contributed by atoms with van der Waals surface area (Å²) < 4.78 is 0. The molecule has 15 heavy (non-hydrogen) atoms. The van der Waals surface area contributed by atoms with Crippen molar-refractivity contribution in [1.29, 1.82) is 0 Å². The summed E-state index contributed by atoms with van der Waals surface area (Å²) in [7, 11) is 0. The van der Waals surface area contributed by atoms with E-state index in [2.05, 4.69) is 0 Å². The fourth-order valence-electron chi connectivity index (χ4n) is 1.49. The zero-order chi connectivity index (χ0) is 11.1. The van der Waals surface area contributed by atoms with Crippen molar-refractivity contribution in [2.24, 2.45) is 0 Å². The van der Waals surface area contributed by atoms with Crippen molar-refractivity contribution in [3.8, 4) is 0 Å². The first-order valence-electron chi connectivity index (χ1n) is 4.93. The average Bonchev–Trinajstić information content (AvgIpc) is 2.29. The highest BCUT2D eigenvalue weighted by Gasteiger charge is 2.08. The van der Waals surface area contributed by atoms with Crippen molar-refractivity contribution in [2.45, 2.75) is 4.90 Å². The Kier molecular flexibility index (Phi) is 5.53. The molecule has 0 aliphatic rings. The Bertz CT molecular complexity index is 288. The Labute approximate surface area is 94.7 Å². The van der Waals surface area contributed by atoms with E-state index in [1.54, 1.807) is 11.8 Å². The van der Waals surface area contributed by atoms with Crippen molar-refractivity contribution < 1.29 is 10.2 Å². The van der Waals surface area contributed by atoms with Crippen molar-refractivity contribution in [3.05, 3.63) is 24.3 Å². The SMILES string of the molecule is CSc1ccccc1N(CCO)CCO. The summed E-state index contributed by atoms with van der Waals surface area (Å²) in [5.74, 6) is 0. The molecule has 0 radical (unpaired) electrons. The van der Waals surface area contributed by atoms with Gasteiger partial charge in [-0.15, -0.1) is 11.8 Å². The third-order valence-corrected chi connectivity index (χ3v) is 2.95. The van der Waals surface area contributed by atoms with Crippen molar-refractivity contribution in [1.82, 2.24) is 0 Å². The van der Waals surface area contributed by atoms with Crippen LogP contribution < -0.4 is 4.90 Å². The third-order valence-electron chi connectivity index (χ3n) is 2.17. The first-order chi connectivity index (χ1) is 7.33. The van der Waals surface area contributed by atoms with Crippen molar-refractivity contribution in [3.63, 3.8) is 0 Å². The molecule has 0 aromatic heterocycles. The molecule has 0 fully saturated rings.